The van der Waals surface area contributed by atoms with Crippen LogP contribution in [0, 0.1) is 0 Å². The first-order valence-electron chi connectivity index (χ1n) is 6.13. The molecule has 0 radical (unpaired) electrons. The van der Waals surface area contributed by atoms with Crippen LogP contribution in [0.3, 0.4) is 0 Å². The van der Waals surface area contributed by atoms with E-state index in [9.17, 15) is 4.79 Å². The number of nitrogens with one attached hydrogen (secondary N) is 3. The molecule has 21 heavy (non-hydrogen) atoms. The molecule has 0 atom stereocenters. The zero-order valence-corrected chi connectivity index (χ0v) is 13.7. The molecule has 0 saturated heterocycles. The summed E-state index contributed by atoms with van der Waals surface area (Å²) in [4.78, 5) is 16.7. The molecule has 0 aliphatic carbocycles. The van der Waals surface area contributed by atoms with Crippen molar-refractivity contribution < 1.29 is 0 Å². The van der Waals surface area contributed by atoms with E-state index in [0.29, 0.717) is 16.6 Å². The summed E-state index contributed by atoms with van der Waals surface area (Å²) in [6.45, 7) is 0.483. The van der Waals surface area contributed by atoms with Crippen molar-refractivity contribution in [1.82, 2.24) is 9.97 Å². The van der Waals surface area contributed by atoms with Gasteiger partial charge in [0.25, 0.3) is 0 Å². The lowest BCUT2D eigenvalue weighted by atomic mass is 10.2. The summed E-state index contributed by atoms with van der Waals surface area (Å²) in [5, 5.41) is 4.49. The Balaban J connectivity index is 1.91. The second-order valence-corrected chi connectivity index (χ2v) is 6.18. The van der Waals surface area contributed by atoms with Gasteiger partial charge in [-0.25, -0.2) is 4.79 Å². The van der Waals surface area contributed by atoms with Gasteiger partial charge >= 0.3 is 5.69 Å². The summed E-state index contributed by atoms with van der Waals surface area (Å²) in [5.41, 5.74) is 2.91. The molecule has 1 heterocycles. The van der Waals surface area contributed by atoms with Gasteiger partial charge in [-0.1, -0.05) is 29.3 Å². The molecule has 2 aromatic carbocycles. The maximum atomic E-state index is 11.3. The summed E-state index contributed by atoms with van der Waals surface area (Å²) in [5.74, 6) is 0. The number of benzene rings is 2. The van der Waals surface area contributed by atoms with Crippen LogP contribution in [0.15, 0.2) is 39.6 Å². The third kappa shape index (κ3) is 2.95. The summed E-state index contributed by atoms with van der Waals surface area (Å²) >= 11 is 15.8. The first-order valence-corrected chi connectivity index (χ1v) is 7.68. The zero-order valence-electron chi connectivity index (χ0n) is 10.6. The van der Waals surface area contributed by atoms with E-state index in [0.717, 1.165) is 26.8 Å². The highest BCUT2D eigenvalue weighted by Crippen LogP contribution is 2.29. The van der Waals surface area contributed by atoms with Gasteiger partial charge in [0, 0.05) is 26.6 Å². The molecule has 0 spiro atoms. The Hall–Kier alpha value is -1.43. The van der Waals surface area contributed by atoms with Crippen LogP contribution in [-0.2, 0) is 6.54 Å². The maximum Gasteiger partial charge on any atom is 0.323 e. The zero-order chi connectivity index (χ0) is 15.0. The molecule has 0 bridgehead atoms. The van der Waals surface area contributed by atoms with Gasteiger partial charge in [0.05, 0.1) is 16.7 Å². The molecule has 0 fully saturated rings. The van der Waals surface area contributed by atoms with E-state index in [1.807, 2.05) is 12.1 Å². The van der Waals surface area contributed by atoms with Gasteiger partial charge in [0.15, 0.2) is 0 Å². The predicted octanol–water partition coefficient (Wildman–Crippen LogP) is 4.54. The van der Waals surface area contributed by atoms with Crippen LogP contribution < -0.4 is 11.0 Å². The topological polar surface area (TPSA) is 60.7 Å². The van der Waals surface area contributed by atoms with Crippen LogP contribution in [0.5, 0.6) is 0 Å². The number of anilines is 1. The molecule has 3 aromatic rings. The second kappa shape index (κ2) is 5.75. The van der Waals surface area contributed by atoms with E-state index in [2.05, 4.69) is 31.2 Å². The first-order chi connectivity index (χ1) is 10.0. The van der Waals surface area contributed by atoms with E-state index in [4.69, 9.17) is 23.2 Å². The van der Waals surface area contributed by atoms with Gasteiger partial charge in [-0.05, 0) is 40.2 Å². The lowest BCUT2D eigenvalue weighted by Gasteiger charge is -2.11. The van der Waals surface area contributed by atoms with Crippen molar-refractivity contribution in [2.45, 2.75) is 6.54 Å². The summed E-state index contributed by atoms with van der Waals surface area (Å²) in [7, 11) is 0. The number of aromatic nitrogens is 2. The Morgan fingerprint density at radius 2 is 1.71 bits per heavy atom. The highest BCUT2D eigenvalue weighted by molar-refractivity contribution is 9.10. The van der Waals surface area contributed by atoms with Crippen LogP contribution >= 0.6 is 39.1 Å². The molecule has 0 saturated carbocycles. The predicted molar refractivity (Wildman–Crippen MR) is 90.4 cm³/mol. The average Bonchev–Trinajstić information content (AvgIpc) is 2.77. The van der Waals surface area contributed by atoms with Gasteiger partial charge < -0.3 is 15.3 Å². The lowest BCUT2D eigenvalue weighted by Crippen LogP contribution is -2.01. The fraction of sp³-hybridized carbons (Fsp3) is 0.0714. The molecule has 3 N–H and O–H groups in total. The van der Waals surface area contributed by atoms with Gasteiger partial charge in [-0.15, -0.1) is 0 Å². The minimum Gasteiger partial charge on any atom is -0.380 e. The third-order valence-electron chi connectivity index (χ3n) is 3.12. The van der Waals surface area contributed by atoms with Crippen molar-refractivity contribution in [2.24, 2.45) is 0 Å². The lowest BCUT2D eigenvalue weighted by molar-refractivity contribution is 1.15. The molecule has 4 nitrogen and oxygen atoms in total. The quantitative estimate of drug-likeness (QED) is 0.618. The van der Waals surface area contributed by atoms with Crippen molar-refractivity contribution in [3.8, 4) is 0 Å². The Morgan fingerprint density at radius 1 is 1.10 bits per heavy atom. The largest absolute Gasteiger partial charge is 0.380 e. The Kier molecular flexibility index (Phi) is 3.97. The molecule has 0 aliphatic heterocycles. The Morgan fingerprint density at radius 3 is 2.38 bits per heavy atom. The van der Waals surface area contributed by atoms with Crippen LogP contribution in [-0.4, -0.2) is 9.97 Å². The number of fused-ring (bicyclic) bond motifs is 1. The van der Waals surface area contributed by atoms with Crippen LogP contribution in [0.25, 0.3) is 11.0 Å². The van der Waals surface area contributed by atoms with Crippen LogP contribution in [0.2, 0.25) is 10.0 Å². The fourth-order valence-electron chi connectivity index (χ4n) is 2.08. The molecule has 0 amide bonds. The molecule has 7 heteroatoms. The summed E-state index contributed by atoms with van der Waals surface area (Å²) < 4.78 is 0.841. The van der Waals surface area contributed by atoms with E-state index in [1.54, 1.807) is 18.2 Å². The van der Waals surface area contributed by atoms with E-state index < -0.39 is 0 Å². The Labute approximate surface area is 138 Å². The molecular formula is C14H10BrCl2N3O. The summed E-state index contributed by atoms with van der Waals surface area (Å²) in [6.07, 6.45) is 0. The van der Waals surface area contributed by atoms with Gasteiger partial charge in [-0.2, -0.15) is 0 Å². The SMILES string of the molecule is O=c1[nH]c2cc(Br)c(NCc3c(Cl)cccc3Cl)cc2[nH]1. The average molecular weight is 387 g/mol. The third-order valence-corrected chi connectivity index (χ3v) is 4.49. The number of rotatable bonds is 3. The van der Waals surface area contributed by atoms with Crippen LogP contribution in [0.4, 0.5) is 5.69 Å². The number of imidazole rings is 1. The fourth-order valence-corrected chi connectivity index (χ4v) is 3.09. The van der Waals surface area contributed by atoms with Gasteiger partial charge in [0.1, 0.15) is 0 Å². The van der Waals surface area contributed by atoms with E-state index >= 15 is 0 Å². The van der Waals surface area contributed by atoms with Crippen LogP contribution in [0.1, 0.15) is 5.56 Å². The molecule has 0 aliphatic rings. The molecular weight excluding hydrogens is 377 g/mol. The number of hydrogen-bond acceptors (Lipinski definition) is 2. The Bertz CT molecular complexity index is 852. The number of H-pyrrole nitrogens is 2. The van der Waals surface area contributed by atoms with Gasteiger partial charge in [-0.3, -0.25) is 0 Å². The minimum atomic E-state index is -0.233. The van der Waals surface area contributed by atoms with Crippen molar-refractivity contribution in [3.05, 3.63) is 60.9 Å². The smallest absolute Gasteiger partial charge is 0.323 e. The second-order valence-electron chi connectivity index (χ2n) is 4.51. The highest BCUT2D eigenvalue weighted by atomic mass is 79.9. The normalized spacial score (nSPS) is 11.0. The minimum absolute atomic E-state index is 0.233. The van der Waals surface area contributed by atoms with E-state index in [-0.39, 0.29) is 5.69 Å². The van der Waals surface area contributed by atoms with Crippen molar-refractivity contribution in [3.63, 3.8) is 0 Å². The van der Waals surface area contributed by atoms with Gasteiger partial charge in [0.2, 0.25) is 0 Å². The number of halogens is 3. The van der Waals surface area contributed by atoms with E-state index in [1.165, 1.54) is 0 Å². The summed E-state index contributed by atoms with van der Waals surface area (Å²) in [6, 6.07) is 9.09. The monoisotopic (exact) mass is 385 g/mol. The van der Waals surface area contributed by atoms with Crippen molar-refractivity contribution in [1.29, 1.82) is 0 Å². The number of aromatic amines is 2. The maximum absolute atomic E-state index is 11.3. The molecule has 108 valence electrons. The van der Waals surface area contributed by atoms with Crippen molar-refractivity contribution in [2.75, 3.05) is 5.32 Å². The number of hydrogen-bond donors (Lipinski definition) is 3. The molecule has 1 aromatic heterocycles. The van der Waals surface area contributed by atoms with Crippen molar-refractivity contribution >= 4 is 55.9 Å². The molecule has 3 rings (SSSR count). The highest BCUT2D eigenvalue weighted by Gasteiger charge is 2.08. The first kappa shape index (κ1) is 14.5. The standard InChI is InChI=1S/C14H10BrCl2N3O/c15-8-4-12-13(20-14(21)19-12)5-11(8)18-6-7-9(16)2-1-3-10(7)17/h1-5,18H,6H2,(H2,19,20,21). The molecule has 0 unspecified atom stereocenters.